The van der Waals surface area contributed by atoms with Gasteiger partial charge >= 0.3 is 0 Å². The van der Waals surface area contributed by atoms with Crippen LogP contribution in [0.1, 0.15) is 0 Å². The van der Waals surface area contributed by atoms with Crippen LogP contribution in [0, 0.1) is 0 Å². The lowest BCUT2D eigenvalue weighted by molar-refractivity contribution is 0.279. The molecule has 2 N–H and O–H groups in total. The van der Waals surface area contributed by atoms with Gasteiger partial charge in [0, 0.05) is 12.4 Å². The molecule has 0 fully saturated rings. The highest BCUT2D eigenvalue weighted by molar-refractivity contribution is 5.23. The monoisotopic (exact) mass is 150 g/mol. The minimum atomic E-state index is 0.0850. The van der Waals surface area contributed by atoms with Crippen molar-refractivity contribution in [1.29, 1.82) is 0 Å². The molecule has 2 rings (SSSR count). The van der Waals surface area contributed by atoms with Gasteiger partial charge in [-0.15, -0.1) is 0 Å². The highest BCUT2D eigenvalue weighted by atomic mass is 16.3. The third-order valence-electron chi connectivity index (χ3n) is 1.87. The van der Waals surface area contributed by atoms with Crippen LogP contribution in [0.3, 0.4) is 0 Å². The minimum Gasteiger partial charge on any atom is -0.390 e. The quantitative estimate of drug-likeness (QED) is 0.558. The first kappa shape index (κ1) is 6.49. The Hall–Kier alpha value is -1.22. The van der Waals surface area contributed by atoms with Gasteiger partial charge in [0.25, 0.3) is 0 Å². The maximum atomic E-state index is 8.90. The van der Waals surface area contributed by atoms with Gasteiger partial charge in [0.05, 0.1) is 12.3 Å². The Labute approximate surface area is 65.3 Å². The molecule has 3 nitrogen and oxygen atoms in total. The fourth-order valence-corrected chi connectivity index (χ4v) is 1.29. The Balaban J connectivity index is 2.20. The average molecular weight is 150 g/mol. The average Bonchev–Trinajstić information content (AvgIpc) is 2.47. The van der Waals surface area contributed by atoms with Gasteiger partial charge in [-0.3, -0.25) is 0 Å². The summed E-state index contributed by atoms with van der Waals surface area (Å²) < 4.78 is 0. The zero-order valence-electron chi connectivity index (χ0n) is 6.07. The summed E-state index contributed by atoms with van der Waals surface area (Å²) in [5.41, 5.74) is 0.913. The van der Waals surface area contributed by atoms with Crippen molar-refractivity contribution < 1.29 is 5.11 Å². The molecule has 3 heteroatoms. The van der Waals surface area contributed by atoms with Gasteiger partial charge in [-0.05, 0) is 12.2 Å². The Morgan fingerprint density at radius 3 is 3.27 bits per heavy atom. The van der Waals surface area contributed by atoms with Crippen LogP contribution in [0.25, 0.3) is 0 Å². The van der Waals surface area contributed by atoms with Gasteiger partial charge in [-0.2, -0.15) is 0 Å². The highest BCUT2D eigenvalue weighted by Crippen LogP contribution is 2.17. The van der Waals surface area contributed by atoms with E-state index in [1.807, 2.05) is 35.5 Å². The molecule has 58 valence electrons. The molecule has 11 heavy (non-hydrogen) atoms. The molecule has 2 aliphatic heterocycles. The van der Waals surface area contributed by atoms with Crippen molar-refractivity contribution >= 4 is 0 Å². The van der Waals surface area contributed by atoms with E-state index in [1.165, 1.54) is 0 Å². The van der Waals surface area contributed by atoms with Crippen LogP contribution < -0.4 is 5.32 Å². The molecule has 0 aromatic heterocycles. The summed E-state index contributed by atoms with van der Waals surface area (Å²) in [5.74, 6) is 0. The van der Waals surface area contributed by atoms with Crippen molar-refractivity contribution in [2.45, 2.75) is 6.17 Å². The van der Waals surface area contributed by atoms with E-state index < -0.39 is 0 Å². The number of aliphatic hydroxyl groups is 1. The molecule has 0 bridgehead atoms. The second-order valence-electron chi connectivity index (χ2n) is 2.54. The van der Waals surface area contributed by atoms with Gasteiger partial charge in [-0.1, -0.05) is 6.08 Å². The maximum absolute atomic E-state index is 8.90. The van der Waals surface area contributed by atoms with Crippen molar-refractivity contribution in [2.75, 3.05) is 6.61 Å². The molecule has 0 aliphatic carbocycles. The van der Waals surface area contributed by atoms with E-state index >= 15 is 0 Å². The number of hydrogen-bond acceptors (Lipinski definition) is 3. The van der Waals surface area contributed by atoms with E-state index in [4.69, 9.17) is 5.11 Å². The third-order valence-corrected chi connectivity index (χ3v) is 1.87. The van der Waals surface area contributed by atoms with E-state index in [-0.39, 0.29) is 12.8 Å². The summed E-state index contributed by atoms with van der Waals surface area (Å²) in [6, 6.07) is 0. The first-order chi connectivity index (χ1) is 5.42. The van der Waals surface area contributed by atoms with E-state index in [0.717, 1.165) is 5.70 Å². The first-order valence-electron chi connectivity index (χ1n) is 3.61. The van der Waals surface area contributed by atoms with Crippen LogP contribution >= 0.6 is 0 Å². The lowest BCUT2D eigenvalue weighted by atomic mass is 10.3. The highest BCUT2D eigenvalue weighted by Gasteiger charge is 2.21. The molecular formula is C8H10N2O. The Morgan fingerprint density at radius 2 is 2.45 bits per heavy atom. The molecule has 1 atom stereocenters. The molecule has 0 unspecified atom stereocenters. The SMILES string of the molecule is OCC1=CN[C@H]2C=CC=CN12. The zero-order valence-corrected chi connectivity index (χ0v) is 6.07. The maximum Gasteiger partial charge on any atom is 0.122 e. The molecule has 0 aromatic rings. The Kier molecular flexibility index (Phi) is 1.43. The van der Waals surface area contributed by atoms with Crippen LogP contribution in [0.2, 0.25) is 0 Å². The fraction of sp³-hybridized carbons (Fsp3) is 0.250. The van der Waals surface area contributed by atoms with E-state index in [0.29, 0.717) is 0 Å². The standard InChI is InChI=1S/C8H10N2O/c11-6-7-5-9-8-3-1-2-4-10(7)8/h1-5,8-9,11H,6H2/t8-/m1/s1. The van der Waals surface area contributed by atoms with E-state index in [2.05, 4.69) is 5.32 Å². The fourth-order valence-electron chi connectivity index (χ4n) is 1.29. The van der Waals surface area contributed by atoms with Crippen molar-refractivity contribution in [1.82, 2.24) is 10.2 Å². The minimum absolute atomic E-state index is 0.0850. The topological polar surface area (TPSA) is 35.5 Å². The van der Waals surface area contributed by atoms with Crippen LogP contribution in [0.5, 0.6) is 0 Å². The van der Waals surface area contributed by atoms with Crippen LogP contribution in [0.4, 0.5) is 0 Å². The summed E-state index contributed by atoms with van der Waals surface area (Å²) in [6.45, 7) is 0.0850. The van der Waals surface area contributed by atoms with Crippen molar-refractivity contribution in [3.63, 3.8) is 0 Å². The molecule has 0 spiro atoms. The van der Waals surface area contributed by atoms with E-state index in [1.54, 1.807) is 0 Å². The van der Waals surface area contributed by atoms with Crippen molar-refractivity contribution in [3.05, 3.63) is 36.3 Å². The van der Waals surface area contributed by atoms with Crippen molar-refractivity contribution in [3.8, 4) is 0 Å². The number of rotatable bonds is 1. The van der Waals surface area contributed by atoms with Gasteiger partial charge < -0.3 is 15.3 Å². The van der Waals surface area contributed by atoms with Gasteiger partial charge in [0.15, 0.2) is 0 Å². The molecule has 0 amide bonds. The van der Waals surface area contributed by atoms with Crippen LogP contribution in [0.15, 0.2) is 36.3 Å². The summed E-state index contributed by atoms with van der Waals surface area (Å²) in [5, 5.41) is 12.0. The number of nitrogens with zero attached hydrogens (tertiary/aromatic N) is 1. The third kappa shape index (κ3) is 0.935. The normalized spacial score (nSPS) is 26.5. The number of nitrogens with one attached hydrogen (secondary N) is 1. The second kappa shape index (κ2) is 2.43. The van der Waals surface area contributed by atoms with Gasteiger partial charge in [0.1, 0.15) is 6.17 Å². The van der Waals surface area contributed by atoms with Crippen LogP contribution in [-0.4, -0.2) is 22.8 Å². The Bertz CT molecular complexity index is 242. The molecular weight excluding hydrogens is 140 g/mol. The summed E-state index contributed by atoms with van der Waals surface area (Å²) >= 11 is 0. The number of fused-ring (bicyclic) bond motifs is 1. The van der Waals surface area contributed by atoms with E-state index in [9.17, 15) is 0 Å². The predicted molar refractivity (Wildman–Crippen MR) is 42.2 cm³/mol. The first-order valence-corrected chi connectivity index (χ1v) is 3.61. The molecule has 0 saturated heterocycles. The van der Waals surface area contributed by atoms with Gasteiger partial charge in [-0.25, -0.2) is 0 Å². The molecule has 0 saturated carbocycles. The summed E-state index contributed by atoms with van der Waals surface area (Å²) in [7, 11) is 0. The number of allylic oxidation sites excluding steroid dienone is 2. The lowest BCUT2D eigenvalue weighted by Gasteiger charge is -2.24. The Morgan fingerprint density at radius 1 is 1.55 bits per heavy atom. The second-order valence-corrected chi connectivity index (χ2v) is 2.54. The molecule has 0 radical (unpaired) electrons. The number of aliphatic hydroxyl groups excluding tert-OH is 1. The van der Waals surface area contributed by atoms with Gasteiger partial charge in [0.2, 0.25) is 0 Å². The smallest absolute Gasteiger partial charge is 0.122 e. The zero-order chi connectivity index (χ0) is 7.68. The van der Waals surface area contributed by atoms with Crippen molar-refractivity contribution in [2.24, 2.45) is 0 Å². The summed E-state index contributed by atoms with van der Waals surface area (Å²) in [4.78, 5) is 2.00. The van der Waals surface area contributed by atoms with Crippen LogP contribution in [-0.2, 0) is 0 Å². The lowest BCUT2D eigenvalue weighted by Crippen LogP contribution is -2.32. The molecule has 2 aliphatic rings. The summed E-state index contributed by atoms with van der Waals surface area (Å²) in [6.07, 6.45) is 9.98. The molecule has 2 heterocycles. The largest absolute Gasteiger partial charge is 0.390 e. The number of hydrogen-bond donors (Lipinski definition) is 2. The predicted octanol–water partition coefficient (Wildman–Crippen LogP) is 0.135. The molecule has 0 aromatic carbocycles.